The van der Waals surface area contributed by atoms with Crippen LogP contribution in [0.15, 0.2) is 41.8 Å². The molecule has 3 aliphatic heterocycles. The molecule has 216 valence electrons. The van der Waals surface area contributed by atoms with Crippen molar-refractivity contribution in [3.8, 4) is 0 Å². The third kappa shape index (κ3) is 4.30. The first kappa shape index (κ1) is 28.8. The molecule has 4 heterocycles. The van der Waals surface area contributed by atoms with Gasteiger partial charge in [0.05, 0.1) is 17.7 Å². The SMILES string of the molecule is CN1C(=O)[C@@H]2C[C@]3(c4cccs4)c4ccccc4N(C(=O)OC(C)(C)C)[C@@H]3N2C(=O)[C@H]1CO[Si](C)(C)C(C)(C)C. The first-order valence-electron chi connectivity index (χ1n) is 13.9. The van der Waals surface area contributed by atoms with Crippen LogP contribution < -0.4 is 4.90 Å². The van der Waals surface area contributed by atoms with Crippen LogP contribution in [0.5, 0.6) is 0 Å². The van der Waals surface area contributed by atoms with E-state index in [0.29, 0.717) is 12.1 Å². The molecule has 4 atom stereocenters. The van der Waals surface area contributed by atoms with Crippen molar-refractivity contribution in [1.29, 1.82) is 0 Å². The van der Waals surface area contributed by atoms with E-state index in [9.17, 15) is 14.4 Å². The minimum Gasteiger partial charge on any atom is -0.443 e. The minimum atomic E-state index is -2.19. The molecule has 3 amide bonds. The average Bonchev–Trinajstić information content (AvgIpc) is 3.54. The highest BCUT2D eigenvalue weighted by atomic mass is 32.1. The van der Waals surface area contributed by atoms with Crippen molar-refractivity contribution in [2.75, 3.05) is 18.6 Å². The summed E-state index contributed by atoms with van der Waals surface area (Å²) in [5.41, 5.74) is 0.148. The van der Waals surface area contributed by atoms with Gasteiger partial charge in [-0.15, -0.1) is 11.3 Å². The van der Waals surface area contributed by atoms with Crippen molar-refractivity contribution in [1.82, 2.24) is 9.80 Å². The fraction of sp³-hybridized carbons (Fsp3) is 0.567. The third-order valence-corrected chi connectivity index (χ3v) is 14.6. The lowest BCUT2D eigenvalue weighted by Crippen LogP contribution is -2.67. The van der Waals surface area contributed by atoms with E-state index in [1.54, 1.807) is 33.1 Å². The van der Waals surface area contributed by atoms with Crippen LogP contribution in [0, 0.1) is 0 Å². The average molecular weight is 584 g/mol. The van der Waals surface area contributed by atoms with Gasteiger partial charge in [-0.05, 0) is 68.4 Å². The number of amides is 3. The topological polar surface area (TPSA) is 79.4 Å². The van der Waals surface area contributed by atoms with E-state index < -0.39 is 43.7 Å². The van der Waals surface area contributed by atoms with Gasteiger partial charge < -0.3 is 19.0 Å². The molecule has 2 aromatic rings. The lowest BCUT2D eigenvalue weighted by atomic mass is 9.76. The lowest BCUT2D eigenvalue weighted by molar-refractivity contribution is -0.161. The van der Waals surface area contributed by atoms with Crippen molar-refractivity contribution in [3.63, 3.8) is 0 Å². The molecule has 0 bridgehead atoms. The molecule has 3 aliphatic rings. The Hall–Kier alpha value is -2.69. The summed E-state index contributed by atoms with van der Waals surface area (Å²) < 4.78 is 12.4. The number of benzene rings is 1. The number of thiophene rings is 1. The molecule has 0 spiro atoms. The van der Waals surface area contributed by atoms with Gasteiger partial charge in [0, 0.05) is 11.9 Å². The molecule has 8 nitrogen and oxygen atoms in total. The summed E-state index contributed by atoms with van der Waals surface area (Å²) in [5, 5.41) is 1.96. The molecule has 2 fully saturated rings. The number of piperazine rings is 1. The first-order chi connectivity index (χ1) is 18.5. The van der Waals surface area contributed by atoms with E-state index in [-0.39, 0.29) is 23.5 Å². The number of hydrogen-bond donors (Lipinski definition) is 0. The molecule has 0 radical (unpaired) electrons. The van der Waals surface area contributed by atoms with Gasteiger partial charge in [0.15, 0.2) is 8.32 Å². The minimum absolute atomic E-state index is 0.0432. The number of ether oxygens (including phenoxy) is 1. The number of para-hydroxylation sites is 1. The molecule has 1 aromatic carbocycles. The molecule has 2 saturated heterocycles. The Bertz CT molecular complexity index is 1330. The maximum Gasteiger partial charge on any atom is 0.416 e. The maximum absolute atomic E-state index is 14.5. The van der Waals surface area contributed by atoms with Gasteiger partial charge >= 0.3 is 6.09 Å². The molecular formula is C30H41N3O5SSi. The van der Waals surface area contributed by atoms with Gasteiger partial charge in [0.1, 0.15) is 23.9 Å². The van der Waals surface area contributed by atoms with Crippen LogP contribution in [0.1, 0.15) is 58.4 Å². The van der Waals surface area contributed by atoms with Crippen molar-refractivity contribution < 1.29 is 23.5 Å². The molecule has 0 N–H and O–H groups in total. The monoisotopic (exact) mass is 583 g/mol. The van der Waals surface area contributed by atoms with Crippen LogP contribution in [0.3, 0.4) is 0 Å². The molecule has 0 aliphatic carbocycles. The predicted molar refractivity (Wildman–Crippen MR) is 159 cm³/mol. The predicted octanol–water partition coefficient (Wildman–Crippen LogP) is 5.58. The Balaban J connectivity index is 1.63. The summed E-state index contributed by atoms with van der Waals surface area (Å²) >= 11 is 1.58. The van der Waals surface area contributed by atoms with Crippen molar-refractivity contribution in [3.05, 3.63) is 52.2 Å². The third-order valence-electron chi connectivity index (χ3n) is 9.04. The highest BCUT2D eigenvalue weighted by molar-refractivity contribution is 7.10. The normalized spacial score (nSPS) is 26.6. The Morgan fingerprint density at radius 3 is 2.33 bits per heavy atom. The highest BCUT2D eigenvalue weighted by Crippen LogP contribution is 2.59. The molecule has 0 saturated carbocycles. The van der Waals surface area contributed by atoms with E-state index >= 15 is 0 Å². The second-order valence-electron chi connectivity index (χ2n) is 13.7. The standard InChI is InChI=1S/C30H41N3O5SSi/c1-28(2,3)38-27(36)33-20-14-11-10-13-19(20)30(23-15-12-16-39-23)17-21-24(34)31(7)22(25(35)32(21)26(30)33)18-37-40(8,9)29(4,5)6/h10-16,21-22,26H,17-18H2,1-9H3/t21-,22+,26-,30+/m0/s1. The number of carbonyl (C=O) groups is 3. The first-order valence-corrected chi connectivity index (χ1v) is 17.7. The van der Waals surface area contributed by atoms with Gasteiger partial charge in [-0.1, -0.05) is 45.0 Å². The van der Waals surface area contributed by atoms with Crippen molar-refractivity contribution >= 4 is 43.2 Å². The van der Waals surface area contributed by atoms with Gasteiger partial charge in [0.25, 0.3) is 0 Å². The number of rotatable bonds is 4. The van der Waals surface area contributed by atoms with Crippen LogP contribution in [0.2, 0.25) is 18.1 Å². The van der Waals surface area contributed by atoms with Crippen LogP contribution in [0.25, 0.3) is 0 Å². The molecule has 40 heavy (non-hydrogen) atoms. The molecule has 0 unspecified atom stereocenters. The zero-order valence-electron chi connectivity index (χ0n) is 25.0. The number of fused-ring (bicyclic) bond motifs is 5. The smallest absolute Gasteiger partial charge is 0.416 e. The number of nitrogens with zero attached hydrogens (tertiary/aromatic N) is 3. The summed E-state index contributed by atoms with van der Waals surface area (Å²) in [6.07, 6.45) is -0.875. The quantitative estimate of drug-likeness (QED) is 0.439. The molecule has 5 rings (SSSR count). The van der Waals surface area contributed by atoms with Crippen LogP contribution in [-0.4, -0.2) is 73.5 Å². The summed E-state index contributed by atoms with van der Waals surface area (Å²) in [6, 6.07) is 10.3. The van der Waals surface area contributed by atoms with Crippen molar-refractivity contribution in [2.24, 2.45) is 0 Å². The Morgan fingerprint density at radius 1 is 1.05 bits per heavy atom. The molecular weight excluding hydrogens is 542 g/mol. The van der Waals surface area contributed by atoms with Gasteiger partial charge in [-0.25, -0.2) is 4.79 Å². The number of carbonyl (C=O) groups excluding carboxylic acids is 3. The largest absolute Gasteiger partial charge is 0.443 e. The van der Waals surface area contributed by atoms with E-state index in [1.165, 1.54) is 0 Å². The lowest BCUT2D eigenvalue weighted by Gasteiger charge is -2.45. The Morgan fingerprint density at radius 2 is 1.73 bits per heavy atom. The van der Waals surface area contributed by atoms with Crippen molar-refractivity contribution in [2.45, 2.75) is 95.4 Å². The number of anilines is 1. The van der Waals surface area contributed by atoms with E-state index in [0.717, 1.165) is 10.4 Å². The second kappa shape index (κ2) is 9.42. The van der Waals surface area contributed by atoms with E-state index in [2.05, 4.69) is 33.9 Å². The summed E-state index contributed by atoms with van der Waals surface area (Å²) in [7, 11) is -0.493. The van der Waals surface area contributed by atoms with Gasteiger partial charge in [0.2, 0.25) is 11.8 Å². The van der Waals surface area contributed by atoms with E-state index in [1.807, 2.05) is 62.5 Å². The molecule has 1 aromatic heterocycles. The second-order valence-corrected chi connectivity index (χ2v) is 19.4. The zero-order valence-corrected chi connectivity index (χ0v) is 26.8. The summed E-state index contributed by atoms with van der Waals surface area (Å²) in [4.78, 5) is 48.3. The molecule has 10 heteroatoms. The fourth-order valence-electron chi connectivity index (χ4n) is 6.00. The summed E-state index contributed by atoms with van der Waals surface area (Å²) in [5.74, 6) is -0.328. The maximum atomic E-state index is 14.5. The fourth-order valence-corrected chi connectivity index (χ4v) is 7.98. The Kier molecular flexibility index (Phi) is 6.79. The highest BCUT2D eigenvalue weighted by Gasteiger charge is 2.68. The summed E-state index contributed by atoms with van der Waals surface area (Å²) in [6.45, 7) is 16.3. The van der Waals surface area contributed by atoms with Gasteiger partial charge in [-0.2, -0.15) is 0 Å². The van der Waals surface area contributed by atoms with Gasteiger partial charge in [-0.3, -0.25) is 14.5 Å². The number of likely N-dealkylation sites (N-methyl/N-ethyl adjacent to an activating group) is 1. The van der Waals surface area contributed by atoms with Crippen LogP contribution in [-0.2, 0) is 24.2 Å². The van der Waals surface area contributed by atoms with Crippen LogP contribution >= 0.6 is 11.3 Å². The van der Waals surface area contributed by atoms with E-state index in [4.69, 9.17) is 9.16 Å². The van der Waals surface area contributed by atoms with Crippen LogP contribution in [0.4, 0.5) is 10.5 Å². The zero-order chi connectivity index (χ0) is 29.4. The Labute approximate surface area is 242 Å². The number of hydrogen-bond acceptors (Lipinski definition) is 6.